The topological polar surface area (TPSA) is 72.9 Å². The van der Waals surface area contributed by atoms with Crippen LogP contribution in [0.15, 0.2) is 11.6 Å². The van der Waals surface area contributed by atoms with Crippen molar-refractivity contribution in [3.05, 3.63) is 11.6 Å². The number of carbonyl (C=O) groups is 3. The van der Waals surface area contributed by atoms with Gasteiger partial charge >= 0.3 is 5.97 Å². The molecule has 0 aromatic heterocycles. The second-order valence-corrected chi connectivity index (χ2v) is 17.0. The Balaban J connectivity index is 1.28. The minimum Gasteiger partial charge on any atom is -0.464 e. The number of nitrogens with zero attached hydrogens (tertiary/aromatic N) is 1. The SMILES string of the molecule is CC1(C)C(=O)CC[C@]2(C)[C@H]3C(=O)C=C4[C@H]5C[C@@](C)(C(=O)OCCN6CCOCC6)CC[C@]5(C)CC[C@@]4(C)[C@]3(C)CC[C@@H]12. The fraction of sp³-hybridized carbons (Fsp3) is 0.861. The molecule has 0 N–H and O–H groups in total. The third kappa shape index (κ3) is 4.27. The lowest BCUT2D eigenvalue weighted by Gasteiger charge is -2.69. The smallest absolute Gasteiger partial charge is 0.311 e. The van der Waals surface area contributed by atoms with Gasteiger partial charge in [-0.25, -0.2) is 0 Å². The van der Waals surface area contributed by atoms with Crippen molar-refractivity contribution >= 4 is 17.5 Å². The van der Waals surface area contributed by atoms with E-state index in [0.717, 1.165) is 84.2 Å². The van der Waals surface area contributed by atoms with E-state index in [-0.39, 0.29) is 56.6 Å². The number of fused-ring (bicyclic) bond motifs is 7. The summed E-state index contributed by atoms with van der Waals surface area (Å²) in [5.74, 6) is 0.968. The summed E-state index contributed by atoms with van der Waals surface area (Å²) in [6, 6.07) is 0. The highest BCUT2D eigenvalue weighted by Crippen LogP contribution is 2.74. The number of Topliss-reactive ketones (excluding diaryl/α,β-unsaturated/α-hetero) is 1. The summed E-state index contributed by atoms with van der Waals surface area (Å²) in [5, 5.41) is 0. The van der Waals surface area contributed by atoms with Crippen molar-refractivity contribution in [2.75, 3.05) is 39.5 Å². The van der Waals surface area contributed by atoms with Crippen molar-refractivity contribution < 1.29 is 23.9 Å². The average molecular weight is 582 g/mol. The van der Waals surface area contributed by atoms with Crippen LogP contribution < -0.4 is 0 Å². The second kappa shape index (κ2) is 9.99. The van der Waals surface area contributed by atoms with Crippen molar-refractivity contribution in [1.82, 2.24) is 4.90 Å². The average Bonchev–Trinajstić information content (AvgIpc) is 2.93. The first kappa shape index (κ1) is 30.5. The number of allylic oxidation sites excluding steroid dienone is 2. The van der Waals surface area contributed by atoms with Gasteiger partial charge in [-0.05, 0) is 97.9 Å². The summed E-state index contributed by atoms with van der Waals surface area (Å²) < 4.78 is 11.4. The number of carbonyl (C=O) groups excluding carboxylic acids is 3. The van der Waals surface area contributed by atoms with Crippen LogP contribution in [0.2, 0.25) is 0 Å². The predicted molar refractivity (Wildman–Crippen MR) is 163 cm³/mol. The molecule has 6 heteroatoms. The Morgan fingerprint density at radius 2 is 1.64 bits per heavy atom. The van der Waals surface area contributed by atoms with Crippen molar-refractivity contribution in [1.29, 1.82) is 0 Å². The zero-order valence-electron chi connectivity index (χ0n) is 27.4. The van der Waals surface area contributed by atoms with Crippen molar-refractivity contribution in [2.45, 2.75) is 106 Å². The van der Waals surface area contributed by atoms with Gasteiger partial charge in [0.1, 0.15) is 12.4 Å². The fourth-order valence-electron chi connectivity index (χ4n) is 11.4. The van der Waals surface area contributed by atoms with E-state index in [1.54, 1.807) is 0 Å². The van der Waals surface area contributed by atoms with E-state index in [9.17, 15) is 14.4 Å². The highest BCUT2D eigenvalue weighted by Gasteiger charge is 2.70. The van der Waals surface area contributed by atoms with Gasteiger partial charge in [-0.2, -0.15) is 0 Å². The molecule has 0 aromatic rings. The molecule has 0 amide bonds. The van der Waals surface area contributed by atoms with Crippen LogP contribution in [0, 0.1) is 50.2 Å². The standard InChI is InChI=1S/C36H55NO5/c1-31(2)27-8-11-36(7)29(34(27,5)10-9-28(31)39)26(38)22-24-25-23-33(4,13-12-32(25,3)14-15-35(24,36)6)30(40)42-21-18-37-16-19-41-20-17-37/h22,25,27,29H,8-21,23H2,1-7H3/t25-,27+,29-,32-,33+,34+,35-,36-/m1/s1. The molecule has 5 fully saturated rings. The molecular formula is C36H55NO5. The van der Waals surface area contributed by atoms with Crippen LogP contribution in [0.4, 0.5) is 0 Å². The van der Waals surface area contributed by atoms with Gasteiger partial charge in [-0.1, -0.05) is 47.1 Å². The number of ether oxygens (including phenoxy) is 2. The molecule has 6 aliphatic rings. The van der Waals surface area contributed by atoms with Gasteiger partial charge in [0, 0.05) is 37.4 Å². The lowest BCUT2D eigenvalue weighted by atomic mass is 9.33. The Kier molecular flexibility index (Phi) is 7.25. The maximum Gasteiger partial charge on any atom is 0.311 e. The van der Waals surface area contributed by atoms with Crippen LogP contribution in [-0.4, -0.2) is 61.9 Å². The first-order chi connectivity index (χ1) is 19.6. The van der Waals surface area contributed by atoms with E-state index in [4.69, 9.17) is 9.47 Å². The van der Waals surface area contributed by atoms with Gasteiger partial charge in [-0.15, -0.1) is 0 Å². The Morgan fingerprint density at radius 3 is 2.36 bits per heavy atom. The van der Waals surface area contributed by atoms with E-state index in [1.807, 2.05) is 0 Å². The summed E-state index contributed by atoms with van der Waals surface area (Å²) in [6.07, 6.45) is 10.3. The molecule has 4 saturated carbocycles. The summed E-state index contributed by atoms with van der Waals surface area (Å²) in [6.45, 7) is 20.4. The molecule has 1 heterocycles. The number of hydrogen-bond donors (Lipinski definition) is 0. The van der Waals surface area contributed by atoms with Crippen LogP contribution in [0.3, 0.4) is 0 Å². The monoisotopic (exact) mass is 581 g/mol. The maximum absolute atomic E-state index is 14.5. The summed E-state index contributed by atoms with van der Waals surface area (Å²) in [5.41, 5.74) is 0.101. The summed E-state index contributed by atoms with van der Waals surface area (Å²) >= 11 is 0. The molecule has 1 aliphatic heterocycles. The number of hydrogen-bond acceptors (Lipinski definition) is 6. The first-order valence-corrected chi connectivity index (χ1v) is 16.9. The van der Waals surface area contributed by atoms with Gasteiger partial charge in [0.15, 0.2) is 5.78 Å². The van der Waals surface area contributed by atoms with E-state index < -0.39 is 5.41 Å². The number of ketones is 2. The second-order valence-electron chi connectivity index (χ2n) is 17.0. The Bertz CT molecular complexity index is 1190. The Morgan fingerprint density at radius 1 is 0.952 bits per heavy atom. The van der Waals surface area contributed by atoms with Crippen LogP contribution in [0.5, 0.6) is 0 Å². The van der Waals surface area contributed by atoms with E-state index in [0.29, 0.717) is 18.8 Å². The largest absolute Gasteiger partial charge is 0.464 e. The molecule has 6 nitrogen and oxygen atoms in total. The zero-order chi connectivity index (χ0) is 30.3. The molecule has 0 radical (unpaired) electrons. The van der Waals surface area contributed by atoms with Crippen molar-refractivity contribution in [3.63, 3.8) is 0 Å². The van der Waals surface area contributed by atoms with Gasteiger partial charge in [0.2, 0.25) is 0 Å². The van der Waals surface area contributed by atoms with Crippen LogP contribution in [0.1, 0.15) is 106 Å². The van der Waals surface area contributed by atoms with Crippen LogP contribution in [-0.2, 0) is 23.9 Å². The summed E-state index contributed by atoms with van der Waals surface area (Å²) in [4.78, 5) is 43.5. The summed E-state index contributed by atoms with van der Waals surface area (Å²) in [7, 11) is 0. The minimum atomic E-state index is -0.535. The highest BCUT2D eigenvalue weighted by atomic mass is 16.5. The number of esters is 1. The molecular weight excluding hydrogens is 526 g/mol. The minimum absolute atomic E-state index is 0.0608. The highest BCUT2D eigenvalue weighted by molar-refractivity contribution is 5.96. The molecule has 8 atom stereocenters. The third-order valence-electron chi connectivity index (χ3n) is 14.6. The molecule has 0 spiro atoms. The lowest BCUT2D eigenvalue weighted by Crippen LogP contribution is -2.66. The Hall–Kier alpha value is -1.53. The van der Waals surface area contributed by atoms with Crippen LogP contribution in [0.25, 0.3) is 0 Å². The number of rotatable bonds is 4. The van der Waals surface area contributed by atoms with E-state index >= 15 is 0 Å². The lowest BCUT2D eigenvalue weighted by molar-refractivity contribution is -0.188. The maximum atomic E-state index is 14.5. The third-order valence-corrected chi connectivity index (χ3v) is 14.6. The first-order valence-electron chi connectivity index (χ1n) is 16.9. The van der Waals surface area contributed by atoms with E-state index in [1.165, 1.54) is 5.57 Å². The van der Waals surface area contributed by atoms with Crippen molar-refractivity contribution in [2.24, 2.45) is 50.2 Å². The molecule has 234 valence electrons. The van der Waals surface area contributed by atoms with Gasteiger partial charge in [0.25, 0.3) is 0 Å². The molecule has 0 aromatic carbocycles. The zero-order valence-corrected chi connectivity index (χ0v) is 27.4. The Labute approximate surface area is 253 Å². The van der Waals surface area contributed by atoms with Gasteiger partial charge in [-0.3, -0.25) is 19.3 Å². The molecule has 6 rings (SSSR count). The van der Waals surface area contributed by atoms with Crippen LogP contribution >= 0.6 is 0 Å². The molecule has 1 saturated heterocycles. The normalized spacial score (nSPS) is 46.9. The van der Waals surface area contributed by atoms with Gasteiger partial charge < -0.3 is 9.47 Å². The van der Waals surface area contributed by atoms with E-state index in [2.05, 4.69) is 59.4 Å². The molecule has 42 heavy (non-hydrogen) atoms. The quantitative estimate of drug-likeness (QED) is 0.357. The van der Waals surface area contributed by atoms with Gasteiger partial charge in [0.05, 0.1) is 18.6 Å². The predicted octanol–water partition coefficient (Wildman–Crippen LogP) is 6.41. The molecule has 0 bridgehead atoms. The number of morpholine rings is 1. The molecule has 0 unspecified atom stereocenters. The fourth-order valence-corrected chi connectivity index (χ4v) is 11.4. The molecule has 5 aliphatic carbocycles. The van der Waals surface area contributed by atoms with Crippen molar-refractivity contribution in [3.8, 4) is 0 Å².